The third-order valence-electron chi connectivity index (χ3n) is 3.99. The van der Waals surface area contributed by atoms with E-state index in [2.05, 4.69) is 10.3 Å². The van der Waals surface area contributed by atoms with Crippen LogP contribution in [0.1, 0.15) is 23.0 Å². The molecule has 0 saturated heterocycles. The van der Waals surface area contributed by atoms with Crippen molar-refractivity contribution in [3.8, 4) is 0 Å². The van der Waals surface area contributed by atoms with Crippen LogP contribution >= 0.6 is 0 Å². The van der Waals surface area contributed by atoms with Crippen LogP contribution in [0.4, 0.5) is 13.2 Å². The van der Waals surface area contributed by atoms with E-state index < -0.39 is 29.4 Å². The summed E-state index contributed by atoms with van der Waals surface area (Å²) in [5.41, 5.74) is 0.176. The molecule has 3 rings (SSSR count). The van der Waals surface area contributed by atoms with Gasteiger partial charge in [-0.15, -0.1) is 0 Å². The number of rotatable bonds is 5. The molecule has 0 aliphatic rings. The number of aromatic nitrogens is 2. The van der Waals surface area contributed by atoms with Crippen molar-refractivity contribution >= 4 is 12.0 Å². The minimum atomic E-state index is -0.773. The van der Waals surface area contributed by atoms with Gasteiger partial charge in [0.05, 0.1) is 0 Å². The van der Waals surface area contributed by atoms with Gasteiger partial charge in [0, 0.05) is 31.1 Å². The molecule has 0 aliphatic carbocycles. The monoisotopic (exact) mass is 371 g/mol. The molecule has 0 radical (unpaired) electrons. The molecule has 7 heteroatoms. The van der Waals surface area contributed by atoms with Crippen LogP contribution in [0.3, 0.4) is 0 Å². The standard InChI is InChI=1S/C20H16F3N3O/c1-26-11-10-24-20(26)19(13-4-2-5-14(21)12-13)25-18(27)9-8-15-16(22)6-3-7-17(15)23/h2-12,19H,1H3,(H,25,27)/b9-8+/t19-/m1/s1. The van der Waals surface area contributed by atoms with E-state index in [4.69, 9.17) is 0 Å². The zero-order chi connectivity index (χ0) is 19.4. The zero-order valence-corrected chi connectivity index (χ0v) is 14.4. The van der Waals surface area contributed by atoms with E-state index >= 15 is 0 Å². The second-order valence-corrected chi connectivity index (χ2v) is 5.86. The highest BCUT2D eigenvalue weighted by molar-refractivity contribution is 5.92. The number of halogens is 3. The summed E-state index contributed by atoms with van der Waals surface area (Å²) in [4.78, 5) is 16.5. The fourth-order valence-corrected chi connectivity index (χ4v) is 2.66. The lowest BCUT2D eigenvalue weighted by atomic mass is 10.1. The van der Waals surface area contributed by atoms with Gasteiger partial charge in [0.15, 0.2) is 0 Å². The number of carbonyl (C=O) groups is 1. The van der Waals surface area contributed by atoms with Crippen molar-refractivity contribution in [3.63, 3.8) is 0 Å². The highest BCUT2D eigenvalue weighted by Crippen LogP contribution is 2.21. The van der Waals surface area contributed by atoms with E-state index in [1.165, 1.54) is 24.3 Å². The molecule has 27 heavy (non-hydrogen) atoms. The SMILES string of the molecule is Cn1ccnc1[C@H](NC(=O)/C=C/c1c(F)cccc1F)c1cccc(F)c1. The number of nitrogens with zero attached hydrogens (tertiary/aromatic N) is 2. The smallest absolute Gasteiger partial charge is 0.244 e. The normalized spacial score (nSPS) is 12.3. The molecule has 1 heterocycles. The van der Waals surface area contributed by atoms with Gasteiger partial charge < -0.3 is 9.88 Å². The van der Waals surface area contributed by atoms with Gasteiger partial charge in [0.2, 0.25) is 5.91 Å². The summed E-state index contributed by atoms with van der Waals surface area (Å²) in [6, 6.07) is 8.47. The Kier molecular flexibility index (Phi) is 5.40. The summed E-state index contributed by atoms with van der Waals surface area (Å²) in [6.07, 6.45) is 5.33. The third-order valence-corrected chi connectivity index (χ3v) is 3.99. The first-order valence-corrected chi connectivity index (χ1v) is 8.11. The maximum atomic E-state index is 13.7. The molecule has 0 unspecified atom stereocenters. The number of carbonyl (C=O) groups excluding carboxylic acids is 1. The van der Waals surface area contributed by atoms with Gasteiger partial charge in [-0.3, -0.25) is 4.79 Å². The lowest BCUT2D eigenvalue weighted by Crippen LogP contribution is -2.29. The molecule has 1 amide bonds. The third kappa shape index (κ3) is 4.25. The number of imidazole rings is 1. The Labute approximate surface area is 154 Å². The molecular formula is C20H16F3N3O. The predicted octanol–water partition coefficient (Wildman–Crippen LogP) is 3.76. The first kappa shape index (κ1) is 18.4. The average Bonchev–Trinajstić information content (AvgIpc) is 3.05. The summed E-state index contributed by atoms with van der Waals surface area (Å²) < 4.78 is 42.7. The average molecular weight is 371 g/mol. The van der Waals surface area contributed by atoms with E-state index in [0.29, 0.717) is 11.4 Å². The predicted molar refractivity (Wildman–Crippen MR) is 95.0 cm³/mol. The Morgan fingerprint density at radius 3 is 2.48 bits per heavy atom. The van der Waals surface area contributed by atoms with Crippen LogP contribution in [0, 0.1) is 17.5 Å². The number of amides is 1. The molecule has 1 atom stereocenters. The minimum absolute atomic E-state index is 0.313. The van der Waals surface area contributed by atoms with Crippen LogP contribution in [0.25, 0.3) is 6.08 Å². The molecule has 0 fully saturated rings. The van der Waals surface area contributed by atoms with Crippen LogP contribution in [0.2, 0.25) is 0 Å². The summed E-state index contributed by atoms with van der Waals surface area (Å²) in [6.45, 7) is 0. The highest BCUT2D eigenvalue weighted by Gasteiger charge is 2.20. The van der Waals surface area contributed by atoms with Crippen molar-refractivity contribution in [1.29, 1.82) is 0 Å². The fourth-order valence-electron chi connectivity index (χ4n) is 2.66. The first-order valence-electron chi connectivity index (χ1n) is 8.11. The van der Waals surface area contributed by atoms with Gasteiger partial charge in [0.1, 0.15) is 29.3 Å². The van der Waals surface area contributed by atoms with E-state index in [0.717, 1.165) is 24.3 Å². The molecule has 138 valence electrons. The lowest BCUT2D eigenvalue weighted by molar-refractivity contribution is -0.117. The maximum Gasteiger partial charge on any atom is 0.244 e. The number of nitrogens with one attached hydrogen (secondary N) is 1. The van der Waals surface area contributed by atoms with Crippen molar-refractivity contribution in [2.45, 2.75) is 6.04 Å². The van der Waals surface area contributed by atoms with Crippen LogP contribution in [0.5, 0.6) is 0 Å². The summed E-state index contributed by atoms with van der Waals surface area (Å²) >= 11 is 0. The molecule has 0 saturated carbocycles. The van der Waals surface area contributed by atoms with Gasteiger partial charge in [-0.25, -0.2) is 18.2 Å². The topological polar surface area (TPSA) is 46.9 Å². The Bertz CT molecular complexity index is 977. The molecule has 0 bridgehead atoms. The molecule has 0 aliphatic heterocycles. The second kappa shape index (κ2) is 7.90. The van der Waals surface area contributed by atoms with Gasteiger partial charge in [-0.1, -0.05) is 18.2 Å². The van der Waals surface area contributed by atoms with Crippen LogP contribution < -0.4 is 5.32 Å². The molecule has 3 aromatic rings. The quantitative estimate of drug-likeness (QED) is 0.695. The summed E-state index contributed by atoms with van der Waals surface area (Å²) in [7, 11) is 1.74. The Hall–Kier alpha value is -3.35. The molecule has 0 spiro atoms. The molecular weight excluding hydrogens is 355 g/mol. The van der Waals surface area contributed by atoms with Gasteiger partial charge in [-0.05, 0) is 35.9 Å². The van der Waals surface area contributed by atoms with Crippen LogP contribution in [-0.4, -0.2) is 15.5 Å². The van der Waals surface area contributed by atoms with Crippen molar-refractivity contribution < 1.29 is 18.0 Å². The molecule has 2 aromatic carbocycles. The van der Waals surface area contributed by atoms with Crippen molar-refractivity contribution in [2.75, 3.05) is 0 Å². The van der Waals surface area contributed by atoms with Crippen molar-refractivity contribution in [3.05, 3.63) is 95.3 Å². The Morgan fingerprint density at radius 1 is 1.15 bits per heavy atom. The van der Waals surface area contributed by atoms with Gasteiger partial charge in [0.25, 0.3) is 0 Å². The number of hydrogen-bond donors (Lipinski definition) is 1. The van der Waals surface area contributed by atoms with E-state index in [-0.39, 0.29) is 5.56 Å². The minimum Gasteiger partial charge on any atom is -0.339 e. The highest BCUT2D eigenvalue weighted by atomic mass is 19.1. The number of aryl methyl sites for hydroxylation is 1. The summed E-state index contributed by atoms with van der Waals surface area (Å²) in [5.74, 6) is -2.12. The Morgan fingerprint density at radius 2 is 1.85 bits per heavy atom. The van der Waals surface area contributed by atoms with Crippen LogP contribution in [0.15, 0.2) is 60.9 Å². The van der Waals surface area contributed by atoms with E-state index in [9.17, 15) is 18.0 Å². The molecule has 1 N–H and O–H groups in total. The van der Waals surface area contributed by atoms with Crippen molar-refractivity contribution in [2.24, 2.45) is 7.05 Å². The largest absolute Gasteiger partial charge is 0.339 e. The lowest BCUT2D eigenvalue weighted by Gasteiger charge is -2.18. The van der Waals surface area contributed by atoms with E-state index in [1.54, 1.807) is 30.1 Å². The zero-order valence-electron chi connectivity index (χ0n) is 14.4. The number of hydrogen-bond acceptors (Lipinski definition) is 2. The maximum absolute atomic E-state index is 13.7. The first-order chi connectivity index (χ1) is 13.0. The molecule has 4 nitrogen and oxygen atoms in total. The Balaban J connectivity index is 1.87. The van der Waals surface area contributed by atoms with E-state index in [1.807, 2.05) is 0 Å². The molecule has 1 aromatic heterocycles. The van der Waals surface area contributed by atoms with Crippen molar-refractivity contribution in [1.82, 2.24) is 14.9 Å². The fraction of sp³-hybridized carbons (Fsp3) is 0.100. The van der Waals surface area contributed by atoms with Gasteiger partial charge >= 0.3 is 0 Å². The number of benzene rings is 2. The van der Waals surface area contributed by atoms with Crippen LogP contribution in [-0.2, 0) is 11.8 Å². The van der Waals surface area contributed by atoms with Gasteiger partial charge in [-0.2, -0.15) is 0 Å². The summed E-state index contributed by atoms with van der Waals surface area (Å²) in [5, 5.41) is 2.69. The second-order valence-electron chi connectivity index (χ2n) is 5.86.